The molecule has 0 aliphatic carbocycles. The second-order valence-corrected chi connectivity index (χ2v) is 6.75. The van der Waals surface area contributed by atoms with Gasteiger partial charge in [-0.05, 0) is 35.4 Å². The summed E-state index contributed by atoms with van der Waals surface area (Å²) in [4.78, 5) is 35.7. The summed E-state index contributed by atoms with van der Waals surface area (Å²) < 4.78 is 13.1. The van der Waals surface area contributed by atoms with E-state index in [4.69, 9.17) is 11.6 Å². The largest absolute Gasteiger partial charge is 0.480 e. The molecule has 3 N–H and O–H groups in total. The molecule has 6 nitrogen and oxygen atoms in total. The maximum Gasteiger partial charge on any atom is 0.326 e. The SMILES string of the molecule is CC(=O)N[C@H](Cc1ccc(F)cc1)C(=O)N[C@H](Cc1cccc(Cl)c1)C(=O)O. The highest BCUT2D eigenvalue weighted by atomic mass is 35.5. The van der Waals surface area contributed by atoms with E-state index >= 15 is 0 Å². The Hall–Kier alpha value is -2.93. The molecular formula is C20H20ClFN2O4. The van der Waals surface area contributed by atoms with Crippen molar-refractivity contribution in [3.63, 3.8) is 0 Å². The molecule has 0 aliphatic rings. The fourth-order valence-corrected chi connectivity index (χ4v) is 2.90. The maximum atomic E-state index is 13.1. The van der Waals surface area contributed by atoms with Crippen molar-refractivity contribution in [2.45, 2.75) is 31.8 Å². The van der Waals surface area contributed by atoms with E-state index in [1.165, 1.54) is 31.2 Å². The third kappa shape index (κ3) is 6.66. The second-order valence-electron chi connectivity index (χ2n) is 6.32. The number of benzene rings is 2. The Morgan fingerprint density at radius 3 is 2.21 bits per heavy atom. The van der Waals surface area contributed by atoms with Crippen LogP contribution in [0.15, 0.2) is 48.5 Å². The van der Waals surface area contributed by atoms with Gasteiger partial charge >= 0.3 is 5.97 Å². The van der Waals surface area contributed by atoms with Crippen LogP contribution in [0.4, 0.5) is 4.39 Å². The summed E-state index contributed by atoms with van der Waals surface area (Å²) in [5, 5.41) is 14.9. The molecule has 0 aliphatic heterocycles. The summed E-state index contributed by atoms with van der Waals surface area (Å²) in [7, 11) is 0. The Labute approximate surface area is 166 Å². The van der Waals surface area contributed by atoms with Gasteiger partial charge in [0.2, 0.25) is 11.8 Å². The highest BCUT2D eigenvalue weighted by molar-refractivity contribution is 6.30. The van der Waals surface area contributed by atoms with Crippen LogP contribution >= 0.6 is 11.6 Å². The normalized spacial score (nSPS) is 12.7. The molecule has 0 fully saturated rings. The van der Waals surface area contributed by atoms with Crippen molar-refractivity contribution in [3.8, 4) is 0 Å². The van der Waals surface area contributed by atoms with Crippen LogP contribution in [0.1, 0.15) is 18.1 Å². The molecule has 0 spiro atoms. The summed E-state index contributed by atoms with van der Waals surface area (Å²) in [6, 6.07) is 9.97. The standard InChI is InChI=1S/C20H20ClFN2O4/c1-12(25)23-17(10-13-5-7-16(22)8-6-13)19(26)24-18(20(27)28)11-14-3-2-4-15(21)9-14/h2-9,17-18H,10-11H2,1H3,(H,23,25)(H,24,26)(H,27,28)/t17-,18-/m1/s1. The first-order chi connectivity index (χ1) is 13.2. The number of aliphatic carboxylic acids is 1. The van der Waals surface area contributed by atoms with Crippen LogP contribution in [0.5, 0.6) is 0 Å². The molecule has 0 bridgehead atoms. The molecule has 0 saturated heterocycles. The number of hydrogen-bond donors (Lipinski definition) is 3. The zero-order valence-corrected chi connectivity index (χ0v) is 15.9. The quantitative estimate of drug-likeness (QED) is 0.627. The number of carbonyl (C=O) groups is 3. The number of rotatable bonds is 8. The van der Waals surface area contributed by atoms with Gasteiger partial charge in [0.25, 0.3) is 0 Å². The van der Waals surface area contributed by atoms with Gasteiger partial charge in [0.05, 0.1) is 0 Å². The van der Waals surface area contributed by atoms with Gasteiger partial charge in [0.15, 0.2) is 0 Å². The molecule has 2 aromatic rings. The molecule has 0 aromatic heterocycles. The number of carboxylic acids is 1. The highest BCUT2D eigenvalue weighted by Crippen LogP contribution is 2.13. The zero-order valence-electron chi connectivity index (χ0n) is 15.1. The van der Waals surface area contributed by atoms with Crippen LogP contribution < -0.4 is 10.6 Å². The molecule has 0 unspecified atom stereocenters. The number of nitrogens with one attached hydrogen (secondary N) is 2. The first-order valence-electron chi connectivity index (χ1n) is 8.53. The Balaban J connectivity index is 2.12. The van der Waals surface area contributed by atoms with Crippen molar-refractivity contribution < 1.29 is 23.9 Å². The average molecular weight is 407 g/mol. The van der Waals surface area contributed by atoms with Crippen LogP contribution in [0, 0.1) is 5.82 Å². The van der Waals surface area contributed by atoms with Crippen LogP contribution in [0.3, 0.4) is 0 Å². The first-order valence-corrected chi connectivity index (χ1v) is 8.91. The number of hydrogen-bond acceptors (Lipinski definition) is 3. The molecule has 0 saturated carbocycles. The van der Waals surface area contributed by atoms with E-state index in [-0.39, 0.29) is 12.8 Å². The van der Waals surface area contributed by atoms with E-state index in [9.17, 15) is 23.9 Å². The smallest absolute Gasteiger partial charge is 0.326 e. The minimum absolute atomic E-state index is 0.0327. The molecule has 8 heteroatoms. The van der Waals surface area contributed by atoms with Crippen molar-refractivity contribution in [1.29, 1.82) is 0 Å². The van der Waals surface area contributed by atoms with Crippen molar-refractivity contribution >= 4 is 29.4 Å². The number of carbonyl (C=O) groups excluding carboxylic acids is 2. The first kappa shape index (κ1) is 21.4. The zero-order chi connectivity index (χ0) is 20.7. The average Bonchev–Trinajstić information content (AvgIpc) is 2.62. The van der Waals surface area contributed by atoms with Gasteiger partial charge < -0.3 is 15.7 Å². The van der Waals surface area contributed by atoms with Gasteiger partial charge in [0.1, 0.15) is 17.9 Å². The lowest BCUT2D eigenvalue weighted by Crippen LogP contribution is -2.52. The molecule has 0 radical (unpaired) electrons. The Morgan fingerprint density at radius 2 is 1.64 bits per heavy atom. The molecular weight excluding hydrogens is 387 g/mol. The minimum atomic E-state index is -1.21. The lowest BCUT2D eigenvalue weighted by atomic mass is 10.0. The van der Waals surface area contributed by atoms with E-state index in [0.29, 0.717) is 16.1 Å². The Kier molecular flexibility index (Phi) is 7.52. The molecule has 2 amide bonds. The maximum absolute atomic E-state index is 13.1. The molecule has 28 heavy (non-hydrogen) atoms. The Bertz CT molecular complexity index is 858. The van der Waals surface area contributed by atoms with Crippen LogP contribution in [0.2, 0.25) is 5.02 Å². The lowest BCUT2D eigenvalue weighted by Gasteiger charge is -2.21. The summed E-state index contributed by atoms with van der Waals surface area (Å²) in [5.41, 5.74) is 1.27. The molecule has 2 rings (SSSR count). The summed E-state index contributed by atoms with van der Waals surface area (Å²) in [6.07, 6.45) is 0.125. The minimum Gasteiger partial charge on any atom is -0.480 e. The van der Waals surface area contributed by atoms with Gasteiger partial charge in [-0.25, -0.2) is 9.18 Å². The fourth-order valence-electron chi connectivity index (χ4n) is 2.68. The van der Waals surface area contributed by atoms with Crippen molar-refractivity contribution in [1.82, 2.24) is 10.6 Å². The van der Waals surface area contributed by atoms with Gasteiger partial charge in [0, 0.05) is 24.8 Å². The summed E-state index contributed by atoms with van der Waals surface area (Å²) in [5.74, 6) is -2.72. The molecule has 2 aromatic carbocycles. The summed E-state index contributed by atoms with van der Waals surface area (Å²) >= 11 is 5.91. The van der Waals surface area contributed by atoms with Crippen LogP contribution in [-0.4, -0.2) is 35.0 Å². The van der Waals surface area contributed by atoms with E-state index in [2.05, 4.69) is 10.6 Å². The van der Waals surface area contributed by atoms with Crippen molar-refractivity contribution in [2.75, 3.05) is 0 Å². The molecule has 2 atom stereocenters. The van der Waals surface area contributed by atoms with Gasteiger partial charge in [-0.1, -0.05) is 35.9 Å². The van der Waals surface area contributed by atoms with Gasteiger partial charge in [-0.3, -0.25) is 9.59 Å². The second kappa shape index (κ2) is 9.85. The highest BCUT2D eigenvalue weighted by Gasteiger charge is 2.26. The summed E-state index contributed by atoms with van der Waals surface area (Å²) in [6.45, 7) is 1.26. The molecule has 0 heterocycles. The lowest BCUT2D eigenvalue weighted by molar-refractivity contribution is -0.142. The van der Waals surface area contributed by atoms with E-state index in [1.807, 2.05) is 0 Å². The van der Waals surface area contributed by atoms with E-state index in [0.717, 1.165) is 0 Å². The predicted molar refractivity (Wildman–Crippen MR) is 102 cm³/mol. The van der Waals surface area contributed by atoms with Gasteiger partial charge in [-0.2, -0.15) is 0 Å². The third-order valence-corrected chi connectivity index (χ3v) is 4.23. The van der Waals surface area contributed by atoms with E-state index < -0.39 is 35.7 Å². The van der Waals surface area contributed by atoms with Crippen LogP contribution in [-0.2, 0) is 27.2 Å². The monoisotopic (exact) mass is 406 g/mol. The molecule has 148 valence electrons. The predicted octanol–water partition coefficient (Wildman–Crippen LogP) is 2.34. The van der Waals surface area contributed by atoms with Crippen molar-refractivity contribution in [2.24, 2.45) is 0 Å². The number of carboxylic acid groups (broad SMARTS) is 1. The number of halogens is 2. The number of amides is 2. The third-order valence-electron chi connectivity index (χ3n) is 3.99. The topological polar surface area (TPSA) is 95.5 Å². The Morgan fingerprint density at radius 1 is 1.00 bits per heavy atom. The van der Waals surface area contributed by atoms with Crippen molar-refractivity contribution in [3.05, 3.63) is 70.5 Å². The van der Waals surface area contributed by atoms with E-state index in [1.54, 1.807) is 24.3 Å². The van der Waals surface area contributed by atoms with Gasteiger partial charge in [-0.15, -0.1) is 0 Å². The fraction of sp³-hybridized carbons (Fsp3) is 0.250. The van der Waals surface area contributed by atoms with Crippen LogP contribution in [0.25, 0.3) is 0 Å².